The minimum Gasteiger partial charge on any atom is -0.462 e. The number of esters is 2. The largest absolute Gasteiger partial charge is 0.462 e. The molecular weight excluding hydrogens is 350 g/mol. The molecule has 7 nitrogen and oxygen atoms in total. The van der Waals surface area contributed by atoms with Crippen LogP contribution in [-0.2, 0) is 23.9 Å². The van der Waals surface area contributed by atoms with E-state index in [4.69, 9.17) is 9.47 Å². The van der Waals surface area contributed by atoms with Crippen LogP contribution in [0, 0.1) is 5.92 Å². The van der Waals surface area contributed by atoms with Gasteiger partial charge in [0.25, 0.3) is 6.23 Å². The molecule has 1 aromatic rings. The summed E-state index contributed by atoms with van der Waals surface area (Å²) in [7, 11) is 0. The van der Waals surface area contributed by atoms with E-state index in [1.807, 2.05) is 0 Å². The summed E-state index contributed by atoms with van der Waals surface area (Å²) in [4.78, 5) is 50.6. The zero-order valence-electron chi connectivity index (χ0n) is 15.3. The van der Waals surface area contributed by atoms with Crippen molar-refractivity contribution >= 4 is 23.6 Å². The van der Waals surface area contributed by atoms with Gasteiger partial charge in [-0.3, -0.25) is 14.5 Å². The lowest BCUT2D eigenvalue weighted by Crippen LogP contribution is -2.64. The van der Waals surface area contributed by atoms with Crippen LogP contribution in [0.3, 0.4) is 0 Å². The molecule has 1 aliphatic heterocycles. The van der Waals surface area contributed by atoms with Crippen molar-refractivity contribution in [1.29, 1.82) is 0 Å². The molecule has 1 unspecified atom stereocenters. The normalized spacial score (nSPS) is 23.4. The van der Waals surface area contributed by atoms with E-state index in [9.17, 15) is 19.2 Å². The Kier molecular flexibility index (Phi) is 5.88. The summed E-state index contributed by atoms with van der Waals surface area (Å²) in [6, 6.07) is 7.80. The molecule has 1 heterocycles. The fraction of sp³-hybridized carbons (Fsp3) is 0.500. The molecule has 3 rings (SSSR count). The highest BCUT2D eigenvalue weighted by Gasteiger charge is 2.51. The third kappa shape index (κ3) is 4.02. The van der Waals surface area contributed by atoms with Crippen LogP contribution < -0.4 is 0 Å². The van der Waals surface area contributed by atoms with Gasteiger partial charge < -0.3 is 9.47 Å². The van der Waals surface area contributed by atoms with E-state index in [1.54, 1.807) is 37.3 Å². The SMILES string of the molecule is CCOC(=O)C(OC(=O)c1ccccc1)N1C(=O)C[C@H]1[C@H]1CCCCC1=O. The van der Waals surface area contributed by atoms with Crippen molar-refractivity contribution < 1.29 is 28.7 Å². The molecule has 1 aromatic carbocycles. The van der Waals surface area contributed by atoms with Gasteiger partial charge in [-0.2, -0.15) is 0 Å². The minimum absolute atomic E-state index is 0.0906. The minimum atomic E-state index is -1.47. The van der Waals surface area contributed by atoms with Crippen LogP contribution in [0.5, 0.6) is 0 Å². The van der Waals surface area contributed by atoms with Gasteiger partial charge in [0.15, 0.2) is 0 Å². The van der Waals surface area contributed by atoms with E-state index in [0.29, 0.717) is 12.8 Å². The second-order valence-electron chi connectivity index (χ2n) is 6.77. The Morgan fingerprint density at radius 1 is 1.19 bits per heavy atom. The maximum Gasteiger partial charge on any atom is 0.369 e. The molecule has 1 saturated heterocycles. The van der Waals surface area contributed by atoms with E-state index in [-0.39, 0.29) is 36.2 Å². The first-order valence-electron chi connectivity index (χ1n) is 9.29. The highest BCUT2D eigenvalue weighted by atomic mass is 16.6. The van der Waals surface area contributed by atoms with Crippen LogP contribution in [-0.4, -0.2) is 47.4 Å². The van der Waals surface area contributed by atoms with Crippen LogP contribution in [0.25, 0.3) is 0 Å². The number of hydrogen-bond donors (Lipinski definition) is 0. The molecule has 1 amide bonds. The summed E-state index contributed by atoms with van der Waals surface area (Å²) < 4.78 is 10.4. The monoisotopic (exact) mass is 373 g/mol. The van der Waals surface area contributed by atoms with Crippen LogP contribution in [0.4, 0.5) is 0 Å². The predicted molar refractivity (Wildman–Crippen MR) is 94.5 cm³/mol. The third-order valence-corrected chi connectivity index (χ3v) is 5.06. The summed E-state index contributed by atoms with van der Waals surface area (Å²) in [5.41, 5.74) is 0.269. The first-order valence-corrected chi connectivity index (χ1v) is 9.29. The van der Waals surface area contributed by atoms with E-state index in [1.165, 1.54) is 4.90 Å². The van der Waals surface area contributed by atoms with Gasteiger partial charge >= 0.3 is 11.9 Å². The van der Waals surface area contributed by atoms with Gasteiger partial charge in [-0.1, -0.05) is 24.6 Å². The molecule has 0 N–H and O–H groups in total. The van der Waals surface area contributed by atoms with Crippen LogP contribution in [0.1, 0.15) is 49.4 Å². The predicted octanol–water partition coefficient (Wildman–Crippen LogP) is 2.09. The summed E-state index contributed by atoms with van der Waals surface area (Å²) in [6.07, 6.45) is 1.61. The Morgan fingerprint density at radius 2 is 1.93 bits per heavy atom. The molecule has 27 heavy (non-hydrogen) atoms. The van der Waals surface area contributed by atoms with Gasteiger partial charge in [0.05, 0.1) is 18.2 Å². The summed E-state index contributed by atoms with van der Waals surface area (Å²) >= 11 is 0. The molecular formula is C20H23NO6. The Bertz CT molecular complexity index is 731. The first kappa shape index (κ1) is 19.1. The average molecular weight is 373 g/mol. The summed E-state index contributed by atoms with van der Waals surface area (Å²) in [5.74, 6) is -2.06. The lowest BCUT2D eigenvalue weighted by Gasteiger charge is -2.47. The van der Waals surface area contributed by atoms with Crippen LogP contribution in [0.15, 0.2) is 30.3 Å². The van der Waals surface area contributed by atoms with E-state index >= 15 is 0 Å². The third-order valence-electron chi connectivity index (χ3n) is 5.06. The van der Waals surface area contributed by atoms with Crippen molar-refractivity contribution in [3.05, 3.63) is 35.9 Å². The molecule has 1 saturated carbocycles. The van der Waals surface area contributed by atoms with Gasteiger partial charge in [0.1, 0.15) is 5.78 Å². The Morgan fingerprint density at radius 3 is 2.56 bits per heavy atom. The number of benzene rings is 1. The lowest BCUT2D eigenvalue weighted by molar-refractivity contribution is -0.187. The molecule has 3 atom stereocenters. The van der Waals surface area contributed by atoms with E-state index in [2.05, 4.69) is 0 Å². The molecule has 0 spiro atoms. The number of likely N-dealkylation sites (tertiary alicyclic amines) is 1. The van der Waals surface area contributed by atoms with Gasteiger partial charge in [-0.25, -0.2) is 9.59 Å². The van der Waals surface area contributed by atoms with Crippen molar-refractivity contribution in [1.82, 2.24) is 4.90 Å². The van der Waals surface area contributed by atoms with Crippen molar-refractivity contribution in [2.45, 2.75) is 51.3 Å². The van der Waals surface area contributed by atoms with Gasteiger partial charge in [0, 0.05) is 18.8 Å². The summed E-state index contributed by atoms with van der Waals surface area (Å²) in [6.45, 7) is 1.72. The lowest BCUT2D eigenvalue weighted by atomic mass is 9.77. The molecule has 1 aliphatic carbocycles. The fourth-order valence-electron chi connectivity index (χ4n) is 3.69. The molecule has 0 bridgehead atoms. The molecule has 0 aromatic heterocycles. The van der Waals surface area contributed by atoms with Crippen molar-refractivity contribution in [2.75, 3.05) is 6.61 Å². The van der Waals surface area contributed by atoms with Crippen molar-refractivity contribution in [3.63, 3.8) is 0 Å². The number of ketones is 1. The number of amides is 1. The highest BCUT2D eigenvalue weighted by Crippen LogP contribution is 2.36. The summed E-state index contributed by atoms with van der Waals surface area (Å²) in [5, 5.41) is 0. The average Bonchev–Trinajstić information content (AvgIpc) is 2.67. The van der Waals surface area contributed by atoms with Crippen molar-refractivity contribution in [2.24, 2.45) is 5.92 Å². The fourth-order valence-corrected chi connectivity index (χ4v) is 3.69. The zero-order valence-corrected chi connectivity index (χ0v) is 15.3. The molecule has 2 aliphatic rings. The van der Waals surface area contributed by atoms with E-state index < -0.39 is 24.2 Å². The van der Waals surface area contributed by atoms with Gasteiger partial charge in [-0.05, 0) is 31.9 Å². The van der Waals surface area contributed by atoms with Crippen molar-refractivity contribution in [3.8, 4) is 0 Å². The molecule has 2 fully saturated rings. The second-order valence-corrected chi connectivity index (χ2v) is 6.77. The smallest absolute Gasteiger partial charge is 0.369 e. The maximum atomic E-state index is 12.4. The maximum absolute atomic E-state index is 12.4. The molecule has 0 radical (unpaired) electrons. The first-order chi connectivity index (χ1) is 13.0. The molecule has 144 valence electrons. The topological polar surface area (TPSA) is 90.0 Å². The number of β-lactam (4-membered cyclic amide) rings is 1. The Labute approximate surface area is 157 Å². The number of hydrogen-bond acceptors (Lipinski definition) is 6. The number of carbonyl (C=O) groups is 4. The standard InChI is InChI=1S/C20H23NO6/c1-2-26-20(25)18(27-19(24)13-8-4-3-5-9-13)21-15(12-17(21)23)14-10-6-7-11-16(14)22/h3-5,8-9,14-15,18H,2,6-7,10-12H2,1H3/t14-,15+,18?/m1/s1. The zero-order chi connectivity index (χ0) is 19.4. The highest BCUT2D eigenvalue weighted by molar-refractivity contribution is 5.95. The Balaban J connectivity index is 1.81. The van der Waals surface area contributed by atoms with Gasteiger partial charge in [-0.15, -0.1) is 0 Å². The number of ether oxygens (including phenoxy) is 2. The number of carbonyl (C=O) groups excluding carboxylic acids is 4. The van der Waals surface area contributed by atoms with Crippen LogP contribution >= 0.6 is 0 Å². The Hall–Kier alpha value is -2.70. The molecule has 7 heteroatoms. The number of Topliss-reactive ketones (excluding diaryl/α,β-unsaturated/α-hetero) is 1. The quantitative estimate of drug-likeness (QED) is 0.560. The van der Waals surface area contributed by atoms with E-state index in [0.717, 1.165) is 12.8 Å². The van der Waals surface area contributed by atoms with Crippen LogP contribution in [0.2, 0.25) is 0 Å². The van der Waals surface area contributed by atoms with Gasteiger partial charge in [0.2, 0.25) is 5.91 Å². The number of nitrogens with zero attached hydrogens (tertiary/aromatic N) is 1. The number of rotatable bonds is 6. The second kappa shape index (κ2) is 8.33.